The van der Waals surface area contributed by atoms with Crippen molar-refractivity contribution < 1.29 is 14.7 Å². The predicted octanol–water partition coefficient (Wildman–Crippen LogP) is 6.89. The zero-order valence-electron chi connectivity index (χ0n) is 20.1. The van der Waals surface area contributed by atoms with E-state index in [-0.39, 0.29) is 11.8 Å². The maximum absolute atomic E-state index is 13.7. The van der Waals surface area contributed by atoms with E-state index in [0.29, 0.717) is 17.4 Å². The van der Waals surface area contributed by atoms with Crippen LogP contribution in [-0.2, 0) is 16.0 Å². The Labute approximate surface area is 211 Å². The Morgan fingerprint density at radius 3 is 2.46 bits per heavy atom. The minimum Gasteiger partial charge on any atom is -0.481 e. The van der Waals surface area contributed by atoms with E-state index in [4.69, 9.17) is 11.6 Å². The van der Waals surface area contributed by atoms with Crippen molar-refractivity contribution in [2.24, 2.45) is 11.8 Å². The molecule has 1 amide bonds. The van der Waals surface area contributed by atoms with Crippen molar-refractivity contribution in [2.75, 3.05) is 5.32 Å². The maximum Gasteiger partial charge on any atom is 0.306 e. The van der Waals surface area contributed by atoms with Crippen LogP contribution < -0.4 is 5.32 Å². The number of carbonyl (C=O) groups is 2. The van der Waals surface area contributed by atoms with Crippen LogP contribution in [0, 0.1) is 18.8 Å². The fourth-order valence-corrected chi connectivity index (χ4v) is 5.22. The van der Waals surface area contributed by atoms with Gasteiger partial charge in [-0.05, 0) is 66.5 Å². The van der Waals surface area contributed by atoms with Gasteiger partial charge in [0.25, 0.3) is 0 Å². The Hall–Kier alpha value is -3.18. The fourth-order valence-electron chi connectivity index (χ4n) is 5.05. The number of hydrogen-bond donors (Lipinski definition) is 2. The molecule has 0 bridgehead atoms. The van der Waals surface area contributed by atoms with Gasteiger partial charge in [-0.2, -0.15) is 0 Å². The van der Waals surface area contributed by atoms with Gasteiger partial charge in [0, 0.05) is 23.6 Å². The van der Waals surface area contributed by atoms with Gasteiger partial charge < -0.3 is 10.4 Å². The van der Waals surface area contributed by atoms with Crippen LogP contribution in [-0.4, -0.2) is 22.0 Å². The van der Waals surface area contributed by atoms with Gasteiger partial charge in [0.15, 0.2) is 0 Å². The quantitative estimate of drug-likeness (QED) is 0.360. The number of nitrogens with zero attached hydrogens (tertiary/aromatic N) is 1. The van der Waals surface area contributed by atoms with Crippen LogP contribution in [0.4, 0.5) is 5.69 Å². The number of hydrogen-bond acceptors (Lipinski definition) is 3. The lowest BCUT2D eigenvalue weighted by Gasteiger charge is -2.24. The molecular weight excluding hydrogens is 460 g/mol. The van der Waals surface area contributed by atoms with Crippen LogP contribution in [0.25, 0.3) is 11.1 Å². The molecule has 1 aliphatic rings. The first-order chi connectivity index (χ1) is 16.8. The van der Waals surface area contributed by atoms with Crippen LogP contribution in [0.3, 0.4) is 0 Å². The van der Waals surface area contributed by atoms with E-state index in [2.05, 4.69) is 10.3 Å². The summed E-state index contributed by atoms with van der Waals surface area (Å²) in [5.41, 5.74) is 5.55. The van der Waals surface area contributed by atoms with Crippen molar-refractivity contribution in [3.05, 3.63) is 82.6 Å². The normalized spacial score (nSPS) is 15.5. The highest BCUT2D eigenvalue weighted by molar-refractivity contribution is 6.30. The number of amides is 1. The molecule has 1 fully saturated rings. The second-order valence-electron chi connectivity index (χ2n) is 9.56. The average Bonchev–Trinajstić information content (AvgIpc) is 3.36. The van der Waals surface area contributed by atoms with E-state index in [1.807, 2.05) is 55.5 Å². The molecule has 1 heterocycles. The molecule has 35 heavy (non-hydrogen) atoms. The molecule has 0 unspecified atom stereocenters. The Bertz CT molecular complexity index is 1200. The Morgan fingerprint density at radius 1 is 1.09 bits per heavy atom. The molecule has 1 aliphatic carbocycles. The largest absolute Gasteiger partial charge is 0.481 e. The highest BCUT2D eigenvalue weighted by Crippen LogP contribution is 2.39. The number of carboxylic acid groups (broad SMARTS) is 1. The maximum atomic E-state index is 13.7. The van der Waals surface area contributed by atoms with Crippen molar-refractivity contribution in [2.45, 2.75) is 51.9 Å². The summed E-state index contributed by atoms with van der Waals surface area (Å²) in [7, 11) is 0. The van der Waals surface area contributed by atoms with Gasteiger partial charge in [-0.1, -0.05) is 67.8 Å². The van der Waals surface area contributed by atoms with Crippen LogP contribution in [0.2, 0.25) is 5.02 Å². The number of halogens is 1. The van der Waals surface area contributed by atoms with Crippen molar-refractivity contribution in [3.8, 4) is 11.1 Å². The zero-order chi connectivity index (χ0) is 24.9. The smallest absolute Gasteiger partial charge is 0.306 e. The molecule has 0 spiro atoms. The number of pyridine rings is 1. The molecule has 2 aromatic carbocycles. The van der Waals surface area contributed by atoms with E-state index >= 15 is 0 Å². The van der Waals surface area contributed by atoms with E-state index in [0.717, 1.165) is 59.2 Å². The van der Waals surface area contributed by atoms with Gasteiger partial charge in [0.05, 0.1) is 16.9 Å². The van der Waals surface area contributed by atoms with Crippen LogP contribution in [0.1, 0.15) is 55.2 Å². The molecule has 4 rings (SSSR count). The third kappa shape index (κ3) is 5.91. The molecular formula is C29H31ClN2O3. The summed E-state index contributed by atoms with van der Waals surface area (Å²) in [6.07, 6.45) is 8.17. The second kappa shape index (κ2) is 11.0. The van der Waals surface area contributed by atoms with E-state index in [1.165, 1.54) is 0 Å². The van der Waals surface area contributed by atoms with E-state index < -0.39 is 11.9 Å². The summed E-state index contributed by atoms with van der Waals surface area (Å²) in [6, 6.07) is 15.7. The molecule has 0 radical (unpaired) electrons. The Kier molecular flexibility index (Phi) is 7.86. The van der Waals surface area contributed by atoms with Crippen LogP contribution in [0.5, 0.6) is 0 Å². The highest BCUT2D eigenvalue weighted by atomic mass is 35.5. The minimum absolute atomic E-state index is 0.0133. The molecule has 6 heteroatoms. The number of benzene rings is 2. The third-order valence-electron chi connectivity index (χ3n) is 7.11. The number of rotatable bonds is 8. The van der Waals surface area contributed by atoms with Crippen molar-refractivity contribution in [3.63, 3.8) is 0 Å². The number of carboxylic acids is 1. The zero-order valence-corrected chi connectivity index (χ0v) is 20.9. The topological polar surface area (TPSA) is 79.3 Å². The molecule has 1 saturated carbocycles. The number of aliphatic carboxylic acids is 1. The van der Waals surface area contributed by atoms with E-state index in [1.54, 1.807) is 19.3 Å². The summed E-state index contributed by atoms with van der Waals surface area (Å²) < 4.78 is 0. The molecule has 5 nitrogen and oxygen atoms in total. The lowest BCUT2D eigenvalue weighted by Crippen LogP contribution is -2.27. The summed E-state index contributed by atoms with van der Waals surface area (Å²) in [5, 5.41) is 13.1. The van der Waals surface area contributed by atoms with Gasteiger partial charge in [-0.3, -0.25) is 14.6 Å². The molecule has 1 aromatic heterocycles. The van der Waals surface area contributed by atoms with E-state index in [9.17, 15) is 14.7 Å². The number of nitrogens with one attached hydrogen (secondary N) is 1. The van der Waals surface area contributed by atoms with Crippen LogP contribution in [0.15, 0.2) is 60.9 Å². The van der Waals surface area contributed by atoms with Gasteiger partial charge in [-0.25, -0.2) is 0 Å². The number of anilines is 1. The minimum atomic E-state index is -0.822. The van der Waals surface area contributed by atoms with Gasteiger partial charge in [0.1, 0.15) is 0 Å². The van der Waals surface area contributed by atoms with Gasteiger partial charge in [-0.15, -0.1) is 0 Å². The van der Waals surface area contributed by atoms with Gasteiger partial charge >= 0.3 is 5.97 Å². The molecule has 0 aliphatic heterocycles. The summed E-state index contributed by atoms with van der Waals surface area (Å²) in [4.78, 5) is 29.2. The lowest BCUT2D eigenvalue weighted by atomic mass is 9.83. The average molecular weight is 491 g/mol. The van der Waals surface area contributed by atoms with Crippen LogP contribution >= 0.6 is 11.6 Å². The number of carbonyl (C=O) groups excluding carboxylic acids is 1. The first-order valence-electron chi connectivity index (χ1n) is 12.2. The molecule has 3 aromatic rings. The molecule has 182 valence electrons. The molecule has 0 saturated heterocycles. The highest BCUT2D eigenvalue weighted by Gasteiger charge is 2.32. The number of aromatic nitrogens is 1. The SMILES string of the molecule is Cc1c(C[C@@H](C)C(=O)O)cccc1NC(=O)[C@@H](c1ccc(-c2cncc(Cl)c2)cc1)C1CCCC1. The van der Waals surface area contributed by atoms with Crippen molar-refractivity contribution in [1.82, 2.24) is 4.98 Å². The fraction of sp³-hybridized carbons (Fsp3) is 0.345. The summed E-state index contributed by atoms with van der Waals surface area (Å²) in [5.74, 6) is -1.27. The Balaban J connectivity index is 1.58. The summed E-state index contributed by atoms with van der Waals surface area (Å²) >= 11 is 6.10. The third-order valence-corrected chi connectivity index (χ3v) is 7.32. The molecule has 2 atom stereocenters. The Morgan fingerprint density at radius 2 is 1.80 bits per heavy atom. The predicted molar refractivity (Wildman–Crippen MR) is 140 cm³/mol. The van der Waals surface area contributed by atoms with Crippen molar-refractivity contribution >= 4 is 29.2 Å². The second-order valence-corrected chi connectivity index (χ2v) is 9.99. The lowest BCUT2D eigenvalue weighted by molar-refractivity contribution is -0.141. The first-order valence-corrected chi connectivity index (χ1v) is 12.5. The monoisotopic (exact) mass is 490 g/mol. The standard InChI is InChI=1S/C29H31ClN2O3/c1-18(29(34)35)14-23-8-5-9-26(19(23)2)32-28(33)27(21-6-3-4-7-21)22-12-10-20(11-13-22)24-15-25(30)17-31-16-24/h5,8-13,15-18,21,27H,3-4,6-7,14H2,1-2H3,(H,32,33)(H,34,35)/t18-,27-/m1/s1. The first kappa shape index (κ1) is 24.9. The van der Waals surface area contributed by atoms with Crippen molar-refractivity contribution in [1.29, 1.82) is 0 Å². The van der Waals surface area contributed by atoms with Gasteiger partial charge in [0.2, 0.25) is 5.91 Å². The molecule has 2 N–H and O–H groups in total. The summed E-state index contributed by atoms with van der Waals surface area (Å²) in [6.45, 7) is 3.64.